The molecule has 1 fully saturated rings. The zero-order valence-electron chi connectivity index (χ0n) is 13.4. The predicted octanol–water partition coefficient (Wildman–Crippen LogP) is 3.38. The minimum atomic E-state index is 0.708. The second-order valence-electron chi connectivity index (χ2n) is 7.09. The molecule has 1 rings (SSSR count). The van der Waals surface area contributed by atoms with Crippen molar-refractivity contribution in [1.82, 2.24) is 10.2 Å². The van der Waals surface area contributed by atoms with Gasteiger partial charge in [0, 0.05) is 18.6 Å². The maximum Gasteiger partial charge on any atom is 0.0108 e. The third kappa shape index (κ3) is 5.71. The van der Waals surface area contributed by atoms with E-state index < -0.39 is 0 Å². The molecule has 0 saturated heterocycles. The Kier molecular flexibility index (Phi) is 6.65. The van der Waals surface area contributed by atoms with Gasteiger partial charge in [-0.15, -0.1) is 0 Å². The minimum Gasteiger partial charge on any atom is -0.316 e. The summed E-state index contributed by atoms with van der Waals surface area (Å²) in [5.74, 6) is 2.27. The van der Waals surface area contributed by atoms with E-state index in [-0.39, 0.29) is 0 Å². The van der Waals surface area contributed by atoms with Crippen LogP contribution in [0.2, 0.25) is 0 Å². The predicted molar refractivity (Wildman–Crippen MR) is 80.9 cm³/mol. The molecule has 1 saturated carbocycles. The number of nitrogens with zero attached hydrogens (tertiary/aromatic N) is 1. The fraction of sp³-hybridized carbons (Fsp3) is 1.00. The largest absolute Gasteiger partial charge is 0.316 e. The molecule has 0 bridgehead atoms. The first kappa shape index (κ1) is 16.0. The Morgan fingerprint density at radius 2 is 1.56 bits per heavy atom. The van der Waals surface area contributed by atoms with Crippen LogP contribution in [0, 0.1) is 17.8 Å². The van der Waals surface area contributed by atoms with Gasteiger partial charge in [-0.25, -0.2) is 0 Å². The summed E-state index contributed by atoms with van der Waals surface area (Å²) < 4.78 is 0. The van der Waals surface area contributed by atoms with E-state index in [9.17, 15) is 0 Å². The SMILES string of the molecule is CC(C)CNCC(C)C(C)N(CC(C)C)C1CC1. The summed E-state index contributed by atoms with van der Waals surface area (Å²) in [6, 6.07) is 1.59. The second kappa shape index (κ2) is 7.49. The van der Waals surface area contributed by atoms with Gasteiger partial charge in [0.15, 0.2) is 0 Å². The Morgan fingerprint density at radius 3 is 2.00 bits per heavy atom. The molecule has 0 radical (unpaired) electrons. The van der Waals surface area contributed by atoms with Gasteiger partial charge in [0.2, 0.25) is 0 Å². The van der Waals surface area contributed by atoms with Crippen molar-refractivity contribution in [2.24, 2.45) is 17.8 Å². The van der Waals surface area contributed by atoms with E-state index in [0.717, 1.165) is 36.9 Å². The van der Waals surface area contributed by atoms with Crippen LogP contribution in [0.15, 0.2) is 0 Å². The van der Waals surface area contributed by atoms with Crippen molar-refractivity contribution in [3.8, 4) is 0 Å². The molecule has 1 aliphatic rings. The van der Waals surface area contributed by atoms with Crippen molar-refractivity contribution in [2.75, 3.05) is 19.6 Å². The standard InChI is InChI=1S/C16H34N2/c1-12(2)9-17-10-14(5)15(6)18(11-13(3)4)16-7-8-16/h12-17H,7-11H2,1-6H3. The van der Waals surface area contributed by atoms with Crippen LogP contribution >= 0.6 is 0 Å². The fourth-order valence-corrected chi connectivity index (χ4v) is 2.57. The van der Waals surface area contributed by atoms with E-state index in [2.05, 4.69) is 51.8 Å². The van der Waals surface area contributed by atoms with Gasteiger partial charge in [0.05, 0.1) is 0 Å². The number of hydrogen-bond donors (Lipinski definition) is 1. The number of rotatable bonds is 9. The topological polar surface area (TPSA) is 15.3 Å². The Bertz CT molecular complexity index is 221. The van der Waals surface area contributed by atoms with Crippen LogP contribution in [0.5, 0.6) is 0 Å². The highest BCUT2D eigenvalue weighted by molar-refractivity contribution is 4.89. The molecule has 0 aliphatic heterocycles. The normalized spacial score (nSPS) is 19.8. The van der Waals surface area contributed by atoms with Gasteiger partial charge in [-0.1, -0.05) is 34.6 Å². The van der Waals surface area contributed by atoms with E-state index in [1.165, 1.54) is 19.4 Å². The molecule has 2 heteroatoms. The van der Waals surface area contributed by atoms with E-state index in [0.29, 0.717) is 6.04 Å². The molecule has 2 nitrogen and oxygen atoms in total. The highest BCUT2D eigenvalue weighted by atomic mass is 15.2. The first-order valence-electron chi connectivity index (χ1n) is 7.88. The molecule has 0 spiro atoms. The van der Waals surface area contributed by atoms with Crippen molar-refractivity contribution in [1.29, 1.82) is 0 Å². The van der Waals surface area contributed by atoms with Gasteiger partial charge in [-0.05, 0) is 50.6 Å². The Morgan fingerprint density at radius 1 is 0.944 bits per heavy atom. The summed E-state index contributed by atoms with van der Waals surface area (Å²) in [5.41, 5.74) is 0. The molecule has 0 aromatic carbocycles. The zero-order chi connectivity index (χ0) is 13.7. The van der Waals surface area contributed by atoms with Gasteiger partial charge in [0.1, 0.15) is 0 Å². The summed E-state index contributed by atoms with van der Waals surface area (Å²) in [6.07, 6.45) is 2.84. The lowest BCUT2D eigenvalue weighted by Gasteiger charge is -2.35. The molecule has 1 aliphatic carbocycles. The molecule has 2 unspecified atom stereocenters. The van der Waals surface area contributed by atoms with Crippen LogP contribution in [-0.4, -0.2) is 36.6 Å². The second-order valence-corrected chi connectivity index (χ2v) is 7.09. The van der Waals surface area contributed by atoms with Crippen LogP contribution in [0.25, 0.3) is 0 Å². The minimum absolute atomic E-state index is 0.708. The Labute approximate surface area is 115 Å². The molecular weight excluding hydrogens is 220 g/mol. The summed E-state index contributed by atoms with van der Waals surface area (Å²) in [4.78, 5) is 2.76. The lowest BCUT2D eigenvalue weighted by Crippen LogP contribution is -2.44. The first-order chi connectivity index (χ1) is 8.41. The molecule has 0 aromatic heterocycles. The lowest BCUT2D eigenvalue weighted by atomic mass is 10.00. The zero-order valence-corrected chi connectivity index (χ0v) is 13.4. The molecule has 1 N–H and O–H groups in total. The van der Waals surface area contributed by atoms with E-state index in [4.69, 9.17) is 0 Å². The summed E-state index contributed by atoms with van der Waals surface area (Å²) in [5, 5.41) is 3.61. The van der Waals surface area contributed by atoms with Gasteiger partial charge in [-0.2, -0.15) is 0 Å². The molecular formula is C16H34N2. The van der Waals surface area contributed by atoms with Gasteiger partial charge < -0.3 is 5.32 Å². The quantitative estimate of drug-likeness (QED) is 0.678. The summed E-state index contributed by atoms with van der Waals surface area (Å²) in [6.45, 7) is 17.6. The van der Waals surface area contributed by atoms with E-state index in [1.54, 1.807) is 0 Å². The van der Waals surface area contributed by atoms with Gasteiger partial charge >= 0.3 is 0 Å². The maximum atomic E-state index is 3.61. The Hall–Kier alpha value is -0.0800. The smallest absolute Gasteiger partial charge is 0.0108 e. The van der Waals surface area contributed by atoms with Crippen molar-refractivity contribution in [2.45, 2.75) is 66.5 Å². The molecule has 108 valence electrons. The Balaban J connectivity index is 2.36. The molecule has 0 aromatic rings. The monoisotopic (exact) mass is 254 g/mol. The van der Waals surface area contributed by atoms with Gasteiger partial charge in [0.25, 0.3) is 0 Å². The van der Waals surface area contributed by atoms with Crippen molar-refractivity contribution in [3.63, 3.8) is 0 Å². The average molecular weight is 254 g/mol. The highest BCUT2D eigenvalue weighted by Gasteiger charge is 2.34. The van der Waals surface area contributed by atoms with Crippen molar-refractivity contribution < 1.29 is 0 Å². The van der Waals surface area contributed by atoms with Crippen LogP contribution in [-0.2, 0) is 0 Å². The lowest BCUT2D eigenvalue weighted by molar-refractivity contribution is 0.133. The molecule has 0 amide bonds. The van der Waals surface area contributed by atoms with Crippen molar-refractivity contribution in [3.05, 3.63) is 0 Å². The first-order valence-corrected chi connectivity index (χ1v) is 7.88. The van der Waals surface area contributed by atoms with Gasteiger partial charge in [-0.3, -0.25) is 4.90 Å². The summed E-state index contributed by atoms with van der Waals surface area (Å²) >= 11 is 0. The van der Waals surface area contributed by atoms with Crippen molar-refractivity contribution >= 4 is 0 Å². The van der Waals surface area contributed by atoms with E-state index in [1.807, 2.05) is 0 Å². The third-order valence-electron chi connectivity index (χ3n) is 3.96. The van der Waals surface area contributed by atoms with Crippen LogP contribution in [0.4, 0.5) is 0 Å². The number of hydrogen-bond acceptors (Lipinski definition) is 2. The van der Waals surface area contributed by atoms with Crippen LogP contribution in [0.3, 0.4) is 0 Å². The molecule has 18 heavy (non-hydrogen) atoms. The highest BCUT2D eigenvalue weighted by Crippen LogP contribution is 2.31. The maximum absolute atomic E-state index is 3.61. The number of nitrogens with one attached hydrogen (secondary N) is 1. The van der Waals surface area contributed by atoms with Crippen LogP contribution in [0.1, 0.15) is 54.4 Å². The molecule has 0 heterocycles. The molecule has 2 atom stereocenters. The fourth-order valence-electron chi connectivity index (χ4n) is 2.57. The van der Waals surface area contributed by atoms with Crippen LogP contribution < -0.4 is 5.32 Å². The van der Waals surface area contributed by atoms with E-state index >= 15 is 0 Å². The summed E-state index contributed by atoms with van der Waals surface area (Å²) in [7, 11) is 0. The average Bonchev–Trinajstić information content (AvgIpc) is 3.07. The third-order valence-corrected chi connectivity index (χ3v) is 3.96.